The molecule has 1 aromatic carbocycles. The fraction of sp³-hybridized carbons (Fsp3) is 0.562. The molecule has 1 aliphatic rings. The molecule has 3 N–H and O–H groups in total. The van der Waals surface area contributed by atoms with Crippen LogP contribution in [0.15, 0.2) is 24.3 Å². The number of halogens is 4. The highest BCUT2D eigenvalue weighted by atomic mass is 35.5. The molecule has 0 aromatic heterocycles. The summed E-state index contributed by atoms with van der Waals surface area (Å²) < 4.78 is 41.1. The van der Waals surface area contributed by atoms with Gasteiger partial charge in [0.2, 0.25) is 5.91 Å². The van der Waals surface area contributed by atoms with E-state index in [4.69, 9.17) is 5.73 Å². The second-order valence-electron chi connectivity index (χ2n) is 5.90. The van der Waals surface area contributed by atoms with Gasteiger partial charge in [0, 0.05) is 13.0 Å². The molecular weight excluding hydrogens is 345 g/mol. The molecule has 1 saturated carbocycles. The number of carbonyl (C=O) groups excluding carboxylic acids is 1. The standard InChI is InChI=1S/C16H21F3N2O2.ClH/c17-16(18,19)23-13-6-2-1-5-12(13)7-8-14(22)21-15(11-20)9-3-4-10-15;/h1-2,5-6H,3-4,7-11,20H2,(H,21,22);1H. The van der Waals surface area contributed by atoms with E-state index in [9.17, 15) is 18.0 Å². The first-order valence-electron chi connectivity index (χ1n) is 7.68. The van der Waals surface area contributed by atoms with E-state index in [0.29, 0.717) is 12.1 Å². The van der Waals surface area contributed by atoms with Crippen molar-refractivity contribution in [1.29, 1.82) is 0 Å². The van der Waals surface area contributed by atoms with Crippen LogP contribution in [0, 0.1) is 0 Å². The average Bonchev–Trinajstić information content (AvgIpc) is 2.94. The zero-order valence-electron chi connectivity index (χ0n) is 13.2. The zero-order chi connectivity index (χ0) is 16.9. The Hall–Kier alpha value is -1.47. The first-order chi connectivity index (χ1) is 10.8. The summed E-state index contributed by atoms with van der Waals surface area (Å²) >= 11 is 0. The van der Waals surface area contributed by atoms with Crippen LogP contribution in [-0.2, 0) is 11.2 Å². The Kier molecular flexibility index (Phi) is 7.35. The van der Waals surface area contributed by atoms with Crippen LogP contribution in [0.1, 0.15) is 37.7 Å². The molecule has 4 nitrogen and oxygen atoms in total. The molecule has 24 heavy (non-hydrogen) atoms. The molecule has 1 aromatic rings. The molecule has 0 heterocycles. The van der Waals surface area contributed by atoms with E-state index in [1.165, 1.54) is 18.2 Å². The van der Waals surface area contributed by atoms with Gasteiger partial charge < -0.3 is 15.8 Å². The number of carbonyl (C=O) groups is 1. The topological polar surface area (TPSA) is 64.3 Å². The lowest BCUT2D eigenvalue weighted by Gasteiger charge is -2.28. The molecule has 0 unspecified atom stereocenters. The number of aryl methyl sites for hydroxylation is 1. The van der Waals surface area contributed by atoms with Gasteiger partial charge in [-0.25, -0.2) is 0 Å². The second kappa shape index (κ2) is 8.58. The molecule has 0 bridgehead atoms. The van der Waals surface area contributed by atoms with Crippen LogP contribution in [0.25, 0.3) is 0 Å². The molecule has 0 atom stereocenters. The summed E-state index contributed by atoms with van der Waals surface area (Å²) in [6, 6.07) is 5.86. The number of ether oxygens (including phenoxy) is 1. The Morgan fingerprint density at radius 2 is 1.88 bits per heavy atom. The maximum Gasteiger partial charge on any atom is 0.573 e. The molecule has 0 aliphatic heterocycles. The van der Waals surface area contributed by atoms with Crippen LogP contribution in [-0.4, -0.2) is 24.4 Å². The molecule has 8 heteroatoms. The fourth-order valence-electron chi connectivity index (χ4n) is 2.97. The first kappa shape index (κ1) is 20.6. The van der Waals surface area contributed by atoms with Crippen LogP contribution >= 0.6 is 12.4 Å². The second-order valence-corrected chi connectivity index (χ2v) is 5.90. The number of amides is 1. The van der Waals surface area contributed by atoms with E-state index >= 15 is 0 Å². The van der Waals surface area contributed by atoms with Crippen LogP contribution in [0.2, 0.25) is 0 Å². The summed E-state index contributed by atoms with van der Waals surface area (Å²) in [5, 5.41) is 2.95. The molecule has 1 fully saturated rings. The number of nitrogens with two attached hydrogens (primary N) is 1. The maximum atomic E-state index is 12.4. The molecule has 136 valence electrons. The van der Waals surface area contributed by atoms with Crippen molar-refractivity contribution >= 4 is 18.3 Å². The SMILES string of the molecule is Cl.NCC1(NC(=O)CCc2ccccc2OC(F)(F)F)CCCC1. The van der Waals surface area contributed by atoms with E-state index in [1.54, 1.807) is 6.07 Å². The lowest BCUT2D eigenvalue weighted by atomic mass is 9.97. The van der Waals surface area contributed by atoms with Crippen LogP contribution in [0.3, 0.4) is 0 Å². The van der Waals surface area contributed by atoms with E-state index in [2.05, 4.69) is 10.1 Å². The highest BCUT2D eigenvalue weighted by molar-refractivity contribution is 5.85. The number of nitrogens with one attached hydrogen (secondary N) is 1. The Morgan fingerprint density at radius 1 is 1.25 bits per heavy atom. The van der Waals surface area contributed by atoms with E-state index in [0.717, 1.165) is 25.7 Å². The summed E-state index contributed by atoms with van der Waals surface area (Å²) in [5.41, 5.74) is 5.76. The van der Waals surface area contributed by atoms with E-state index in [-0.39, 0.29) is 42.4 Å². The summed E-state index contributed by atoms with van der Waals surface area (Å²) in [6.07, 6.45) is -0.712. The van der Waals surface area contributed by atoms with Crippen molar-refractivity contribution in [2.75, 3.05) is 6.54 Å². The van der Waals surface area contributed by atoms with Gasteiger partial charge in [0.05, 0.1) is 5.54 Å². The minimum atomic E-state index is -4.74. The molecule has 1 aliphatic carbocycles. The quantitative estimate of drug-likeness (QED) is 0.811. The van der Waals surface area contributed by atoms with Crippen molar-refractivity contribution in [2.24, 2.45) is 5.73 Å². The molecule has 0 saturated heterocycles. The van der Waals surface area contributed by atoms with Crippen molar-refractivity contribution in [2.45, 2.75) is 50.4 Å². The molecule has 2 rings (SSSR count). The van der Waals surface area contributed by atoms with Gasteiger partial charge in [-0.1, -0.05) is 31.0 Å². The number of hydrogen-bond donors (Lipinski definition) is 2. The molecule has 1 amide bonds. The number of benzene rings is 1. The van der Waals surface area contributed by atoms with Crippen molar-refractivity contribution < 1.29 is 22.7 Å². The highest BCUT2D eigenvalue weighted by Gasteiger charge is 2.34. The minimum Gasteiger partial charge on any atom is -0.406 e. The number of hydrogen-bond acceptors (Lipinski definition) is 3. The molecule has 0 radical (unpaired) electrons. The third-order valence-corrected chi connectivity index (χ3v) is 4.18. The Labute approximate surface area is 145 Å². The smallest absolute Gasteiger partial charge is 0.406 e. The van der Waals surface area contributed by atoms with Gasteiger partial charge in [-0.15, -0.1) is 25.6 Å². The predicted molar refractivity (Wildman–Crippen MR) is 87.1 cm³/mol. The van der Waals surface area contributed by atoms with Gasteiger partial charge in [0.1, 0.15) is 5.75 Å². The summed E-state index contributed by atoms with van der Waals surface area (Å²) in [6.45, 7) is 0.381. The fourth-order valence-corrected chi connectivity index (χ4v) is 2.97. The largest absolute Gasteiger partial charge is 0.573 e. The zero-order valence-corrected chi connectivity index (χ0v) is 14.0. The van der Waals surface area contributed by atoms with Gasteiger partial charge in [-0.3, -0.25) is 4.79 Å². The van der Waals surface area contributed by atoms with Crippen molar-refractivity contribution in [3.8, 4) is 5.75 Å². The van der Waals surface area contributed by atoms with Crippen LogP contribution in [0.4, 0.5) is 13.2 Å². The third-order valence-electron chi connectivity index (χ3n) is 4.18. The van der Waals surface area contributed by atoms with E-state index < -0.39 is 6.36 Å². The van der Waals surface area contributed by atoms with Crippen LogP contribution in [0.5, 0.6) is 5.75 Å². The summed E-state index contributed by atoms with van der Waals surface area (Å²) in [5.74, 6) is -0.457. The Bertz CT molecular complexity index is 546. The number of para-hydroxylation sites is 1. The number of rotatable bonds is 6. The van der Waals surface area contributed by atoms with E-state index in [1.807, 2.05) is 0 Å². The Morgan fingerprint density at radius 3 is 2.46 bits per heavy atom. The summed E-state index contributed by atoms with van der Waals surface area (Å²) in [4.78, 5) is 12.1. The molecular formula is C16H22ClF3N2O2. The predicted octanol–water partition coefficient (Wildman–Crippen LogP) is 3.33. The molecule has 0 spiro atoms. The normalized spacial score (nSPS) is 16.3. The van der Waals surface area contributed by atoms with Crippen LogP contribution < -0.4 is 15.8 Å². The van der Waals surface area contributed by atoms with Crippen molar-refractivity contribution in [1.82, 2.24) is 5.32 Å². The third kappa shape index (κ3) is 5.87. The van der Waals surface area contributed by atoms with Gasteiger partial charge in [0.25, 0.3) is 0 Å². The first-order valence-corrected chi connectivity index (χ1v) is 7.68. The maximum absolute atomic E-state index is 12.4. The van der Waals surface area contributed by atoms with Gasteiger partial charge in [-0.2, -0.15) is 0 Å². The lowest BCUT2D eigenvalue weighted by Crippen LogP contribution is -2.51. The van der Waals surface area contributed by atoms with Gasteiger partial charge in [0.15, 0.2) is 0 Å². The van der Waals surface area contributed by atoms with Crippen molar-refractivity contribution in [3.63, 3.8) is 0 Å². The number of alkyl halides is 3. The summed E-state index contributed by atoms with van der Waals surface area (Å²) in [7, 11) is 0. The van der Waals surface area contributed by atoms with Gasteiger partial charge >= 0.3 is 6.36 Å². The van der Waals surface area contributed by atoms with Crippen molar-refractivity contribution in [3.05, 3.63) is 29.8 Å². The Balaban J connectivity index is 0.00000288. The lowest BCUT2D eigenvalue weighted by molar-refractivity contribution is -0.274. The minimum absolute atomic E-state index is 0. The average molecular weight is 367 g/mol. The van der Waals surface area contributed by atoms with Gasteiger partial charge in [-0.05, 0) is 30.9 Å². The monoisotopic (exact) mass is 366 g/mol. The highest BCUT2D eigenvalue weighted by Crippen LogP contribution is 2.29.